The summed E-state index contributed by atoms with van der Waals surface area (Å²) in [7, 11) is 2.07. The Balaban J connectivity index is 1.71. The second-order valence-electron chi connectivity index (χ2n) is 4.98. The molecule has 16 heavy (non-hydrogen) atoms. The van der Waals surface area contributed by atoms with E-state index in [1.807, 2.05) is 4.90 Å². The average Bonchev–Trinajstić information content (AvgIpc) is 3.08. The molecule has 0 aromatic heterocycles. The first-order valence-corrected chi connectivity index (χ1v) is 5.97. The number of carbonyl (C=O) groups is 1. The summed E-state index contributed by atoms with van der Waals surface area (Å²) in [6, 6.07) is 0. The van der Waals surface area contributed by atoms with Gasteiger partial charge in [-0.25, -0.2) is 0 Å². The van der Waals surface area contributed by atoms with Crippen molar-refractivity contribution in [2.24, 2.45) is 0 Å². The molecule has 1 amide bonds. The summed E-state index contributed by atoms with van der Waals surface area (Å²) in [5.74, 6) is 0.160. The molecule has 0 aromatic rings. The largest absolute Gasteiger partial charge is 0.394 e. The SMILES string of the molecule is CN1CCN(C(=O)CNC2(CO)CC2)CC1. The highest BCUT2D eigenvalue weighted by atomic mass is 16.3. The monoisotopic (exact) mass is 227 g/mol. The number of hydrogen-bond donors (Lipinski definition) is 2. The lowest BCUT2D eigenvalue weighted by Crippen LogP contribution is -2.51. The number of aliphatic hydroxyl groups excluding tert-OH is 1. The normalized spacial score (nSPS) is 24.5. The van der Waals surface area contributed by atoms with Crippen LogP contribution >= 0.6 is 0 Å². The molecular weight excluding hydrogens is 206 g/mol. The van der Waals surface area contributed by atoms with Crippen LogP contribution in [0, 0.1) is 0 Å². The Morgan fingerprint density at radius 1 is 1.31 bits per heavy atom. The van der Waals surface area contributed by atoms with Gasteiger partial charge >= 0.3 is 0 Å². The van der Waals surface area contributed by atoms with E-state index >= 15 is 0 Å². The molecule has 0 spiro atoms. The molecule has 1 aliphatic carbocycles. The molecular formula is C11H21N3O2. The number of nitrogens with one attached hydrogen (secondary N) is 1. The van der Waals surface area contributed by atoms with Crippen LogP contribution in [-0.4, -0.2) is 72.7 Å². The van der Waals surface area contributed by atoms with E-state index in [-0.39, 0.29) is 18.1 Å². The Labute approximate surface area is 96.4 Å². The highest BCUT2D eigenvalue weighted by Gasteiger charge is 2.42. The van der Waals surface area contributed by atoms with Gasteiger partial charge in [0, 0.05) is 31.7 Å². The smallest absolute Gasteiger partial charge is 0.236 e. The standard InChI is InChI=1S/C11H21N3O2/c1-13-4-6-14(7-5-13)10(16)8-12-11(9-15)2-3-11/h12,15H,2-9H2,1H3. The lowest BCUT2D eigenvalue weighted by Gasteiger charge is -2.32. The van der Waals surface area contributed by atoms with Crippen LogP contribution in [-0.2, 0) is 4.79 Å². The molecule has 5 nitrogen and oxygen atoms in total. The zero-order valence-corrected chi connectivity index (χ0v) is 9.91. The van der Waals surface area contributed by atoms with Crippen molar-refractivity contribution in [1.29, 1.82) is 0 Å². The van der Waals surface area contributed by atoms with Crippen LogP contribution < -0.4 is 5.32 Å². The van der Waals surface area contributed by atoms with Crippen molar-refractivity contribution in [1.82, 2.24) is 15.1 Å². The van der Waals surface area contributed by atoms with E-state index in [1.165, 1.54) is 0 Å². The molecule has 1 saturated carbocycles. The lowest BCUT2D eigenvalue weighted by molar-refractivity contribution is -0.132. The van der Waals surface area contributed by atoms with Crippen molar-refractivity contribution in [2.75, 3.05) is 46.4 Å². The van der Waals surface area contributed by atoms with Crippen LogP contribution in [0.5, 0.6) is 0 Å². The summed E-state index contributed by atoms with van der Waals surface area (Å²) < 4.78 is 0. The van der Waals surface area contributed by atoms with E-state index in [0.29, 0.717) is 6.54 Å². The second-order valence-corrected chi connectivity index (χ2v) is 4.98. The van der Waals surface area contributed by atoms with E-state index < -0.39 is 0 Å². The summed E-state index contributed by atoms with van der Waals surface area (Å²) in [6.07, 6.45) is 1.97. The van der Waals surface area contributed by atoms with E-state index in [1.54, 1.807) is 0 Å². The van der Waals surface area contributed by atoms with Crippen molar-refractivity contribution >= 4 is 5.91 Å². The molecule has 2 rings (SSSR count). The molecule has 1 saturated heterocycles. The minimum Gasteiger partial charge on any atom is -0.394 e. The molecule has 0 bridgehead atoms. The van der Waals surface area contributed by atoms with Gasteiger partial charge in [-0.05, 0) is 19.9 Å². The molecule has 0 aromatic carbocycles. The van der Waals surface area contributed by atoms with Gasteiger partial charge in [-0.15, -0.1) is 0 Å². The van der Waals surface area contributed by atoms with Gasteiger partial charge in [0.2, 0.25) is 5.91 Å². The van der Waals surface area contributed by atoms with Gasteiger partial charge < -0.3 is 20.2 Å². The van der Waals surface area contributed by atoms with Crippen molar-refractivity contribution < 1.29 is 9.90 Å². The first kappa shape index (κ1) is 11.8. The fraction of sp³-hybridized carbons (Fsp3) is 0.909. The number of piperazine rings is 1. The molecule has 5 heteroatoms. The summed E-state index contributed by atoms with van der Waals surface area (Å²) in [5.41, 5.74) is -0.137. The van der Waals surface area contributed by atoms with Crippen LogP contribution in [0.4, 0.5) is 0 Å². The highest BCUT2D eigenvalue weighted by Crippen LogP contribution is 2.34. The maximum atomic E-state index is 11.9. The third-order valence-corrected chi connectivity index (χ3v) is 3.63. The van der Waals surface area contributed by atoms with Crippen LogP contribution in [0.15, 0.2) is 0 Å². The Hall–Kier alpha value is -0.650. The highest BCUT2D eigenvalue weighted by molar-refractivity contribution is 5.78. The topological polar surface area (TPSA) is 55.8 Å². The average molecular weight is 227 g/mol. The number of hydrogen-bond acceptors (Lipinski definition) is 4. The maximum Gasteiger partial charge on any atom is 0.236 e. The summed E-state index contributed by atoms with van der Waals surface area (Å²) in [5, 5.41) is 12.3. The first-order chi connectivity index (χ1) is 7.65. The Morgan fingerprint density at radius 3 is 2.44 bits per heavy atom. The first-order valence-electron chi connectivity index (χ1n) is 5.97. The molecule has 2 N–H and O–H groups in total. The molecule has 1 heterocycles. The molecule has 0 atom stereocenters. The van der Waals surface area contributed by atoms with Gasteiger partial charge in [-0.2, -0.15) is 0 Å². The lowest BCUT2D eigenvalue weighted by atomic mass is 10.3. The minimum absolute atomic E-state index is 0.137. The van der Waals surface area contributed by atoms with Crippen LogP contribution in [0.1, 0.15) is 12.8 Å². The molecule has 2 aliphatic rings. The predicted octanol–water partition coefficient (Wildman–Crippen LogP) is -1.13. The molecule has 0 radical (unpaired) electrons. The third kappa shape index (κ3) is 2.72. The second kappa shape index (κ2) is 4.69. The Bertz CT molecular complexity index is 258. The summed E-state index contributed by atoms with van der Waals surface area (Å²) in [6.45, 7) is 4.06. The number of carbonyl (C=O) groups excluding carboxylic acids is 1. The Kier molecular flexibility index (Phi) is 3.47. The molecule has 92 valence electrons. The van der Waals surface area contributed by atoms with Gasteiger partial charge in [0.15, 0.2) is 0 Å². The van der Waals surface area contributed by atoms with Crippen molar-refractivity contribution in [3.63, 3.8) is 0 Å². The maximum absolute atomic E-state index is 11.9. The van der Waals surface area contributed by atoms with E-state index in [2.05, 4.69) is 17.3 Å². The van der Waals surface area contributed by atoms with Gasteiger partial charge in [-0.3, -0.25) is 4.79 Å². The van der Waals surface area contributed by atoms with Gasteiger partial charge in [0.1, 0.15) is 0 Å². The summed E-state index contributed by atoms with van der Waals surface area (Å²) >= 11 is 0. The van der Waals surface area contributed by atoms with Crippen LogP contribution in [0.25, 0.3) is 0 Å². The van der Waals surface area contributed by atoms with E-state index in [0.717, 1.165) is 39.0 Å². The van der Waals surface area contributed by atoms with Crippen molar-refractivity contribution in [3.05, 3.63) is 0 Å². The number of nitrogens with zero attached hydrogens (tertiary/aromatic N) is 2. The van der Waals surface area contributed by atoms with Gasteiger partial charge in [0.25, 0.3) is 0 Å². The van der Waals surface area contributed by atoms with Crippen molar-refractivity contribution in [3.8, 4) is 0 Å². The zero-order chi connectivity index (χ0) is 11.6. The number of rotatable bonds is 4. The number of amides is 1. The fourth-order valence-electron chi connectivity index (χ4n) is 1.97. The van der Waals surface area contributed by atoms with Gasteiger partial charge in [0.05, 0.1) is 13.2 Å². The van der Waals surface area contributed by atoms with Crippen molar-refractivity contribution in [2.45, 2.75) is 18.4 Å². The number of likely N-dealkylation sites (N-methyl/N-ethyl adjacent to an activating group) is 1. The van der Waals surface area contributed by atoms with Crippen LogP contribution in [0.3, 0.4) is 0 Å². The molecule has 1 aliphatic heterocycles. The minimum atomic E-state index is -0.137. The van der Waals surface area contributed by atoms with E-state index in [4.69, 9.17) is 5.11 Å². The zero-order valence-electron chi connectivity index (χ0n) is 9.91. The quantitative estimate of drug-likeness (QED) is 0.638. The third-order valence-electron chi connectivity index (χ3n) is 3.63. The molecule has 0 unspecified atom stereocenters. The Morgan fingerprint density at radius 2 is 1.94 bits per heavy atom. The van der Waals surface area contributed by atoms with E-state index in [9.17, 15) is 4.79 Å². The predicted molar refractivity (Wildman–Crippen MR) is 61.1 cm³/mol. The summed E-state index contributed by atoms with van der Waals surface area (Å²) in [4.78, 5) is 16.0. The van der Waals surface area contributed by atoms with Crippen LogP contribution in [0.2, 0.25) is 0 Å². The molecule has 2 fully saturated rings. The number of aliphatic hydroxyl groups is 1. The fourth-order valence-corrected chi connectivity index (χ4v) is 1.97. The van der Waals surface area contributed by atoms with Gasteiger partial charge in [-0.1, -0.05) is 0 Å².